The van der Waals surface area contributed by atoms with Crippen LogP contribution in [0.25, 0.3) is 5.52 Å². The maximum atomic E-state index is 12.5. The van der Waals surface area contributed by atoms with Gasteiger partial charge in [-0.2, -0.15) is 10.4 Å². The van der Waals surface area contributed by atoms with Gasteiger partial charge in [-0.05, 0) is 18.1 Å². The van der Waals surface area contributed by atoms with E-state index in [0.717, 1.165) is 6.33 Å². The van der Waals surface area contributed by atoms with Crippen LogP contribution in [0, 0.1) is 17.2 Å². The Labute approximate surface area is 165 Å². The number of aromatic nitrogens is 3. The highest BCUT2D eigenvalue weighted by Crippen LogP contribution is 2.42. The molecule has 0 aliphatic carbocycles. The van der Waals surface area contributed by atoms with Crippen LogP contribution < -0.4 is 11.2 Å². The van der Waals surface area contributed by atoms with Gasteiger partial charge < -0.3 is 25.4 Å². The van der Waals surface area contributed by atoms with E-state index >= 15 is 0 Å². The number of hydrogen-bond donors (Lipinski definition) is 5. The van der Waals surface area contributed by atoms with Crippen molar-refractivity contribution in [2.24, 2.45) is 11.7 Å². The molecule has 5 atom stereocenters. The van der Waals surface area contributed by atoms with Crippen LogP contribution in [0.5, 0.6) is 0 Å². The van der Waals surface area contributed by atoms with E-state index < -0.39 is 42.5 Å². The lowest BCUT2D eigenvalue weighted by atomic mass is 9.92. The Morgan fingerprint density at radius 2 is 2.28 bits per heavy atom. The lowest BCUT2D eigenvalue weighted by molar-refractivity contribution is -0.162. The number of carbonyl (C=O) groups is 1. The van der Waals surface area contributed by atoms with Gasteiger partial charge in [-0.1, -0.05) is 13.8 Å². The van der Waals surface area contributed by atoms with Gasteiger partial charge in [0, 0.05) is 0 Å². The van der Waals surface area contributed by atoms with Crippen molar-refractivity contribution in [3.8, 4) is 6.07 Å². The monoisotopic (exact) mass is 406 g/mol. The smallest absolute Gasteiger partial charge is 0.323 e. The number of ether oxygens (including phenoxy) is 2. The molecule has 156 valence electrons. The fourth-order valence-electron chi connectivity index (χ4n) is 3.24. The first-order valence-corrected chi connectivity index (χ1v) is 8.88. The third-order valence-electron chi connectivity index (χ3n) is 4.95. The number of nitrogens with zero attached hydrogens (tertiary/aromatic N) is 4. The third-order valence-corrected chi connectivity index (χ3v) is 4.95. The molecule has 12 heteroatoms. The molecule has 2 aromatic heterocycles. The topological polar surface area (TPSA) is 188 Å². The second-order valence-corrected chi connectivity index (χ2v) is 7.04. The summed E-state index contributed by atoms with van der Waals surface area (Å²) in [6, 6.07) is 3.94. The van der Waals surface area contributed by atoms with Gasteiger partial charge in [-0.3, -0.25) is 15.5 Å². The van der Waals surface area contributed by atoms with Gasteiger partial charge in [0.15, 0.2) is 11.9 Å². The van der Waals surface area contributed by atoms with E-state index in [1.165, 1.54) is 16.6 Å². The van der Waals surface area contributed by atoms with Crippen molar-refractivity contribution in [3.05, 3.63) is 24.2 Å². The number of nitrogens with two attached hydrogens (primary N) is 1. The first kappa shape index (κ1) is 20.9. The van der Waals surface area contributed by atoms with Crippen molar-refractivity contribution in [3.63, 3.8) is 0 Å². The van der Waals surface area contributed by atoms with E-state index in [1.54, 1.807) is 13.8 Å². The van der Waals surface area contributed by atoms with Gasteiger partial charge in [-0.25, -0.2) is 9.50 Å². The molecule has 0 spiro atoms. The summed E-state index contributed by atoms with van der Waals surface area (Å²) in [7, 11) is 0. The predicted molar refractivity (Wildman–Crippen MR) is 96.3 cm³/mol. The molecule has 2 aromatic rings. The SMILES string of the molecule is CC(C)[C@H](N)C(=O)O[C@@H]1[C@H](O)[C@@H](CO)O[C@@]1(C#N)c1ccc2c(NO)ncnn12. The third kappa shape index (κ3) is 3.28. The number of carbonyl (C=O) groups excluding carboxylic acids is 1. The molecule has 3 rings (SSSR count). The highest BCUT2D eigenvalue weighted by molar-refractivity contribution is 5.76. The second-order valence-electron chi connectivity index (χ2n) is 7.04. The zero-order valence-electron chi connectivity index (χ0n) is 15.8. The maximum Gasteiger partial charge on any atom is 0.323 e. The molecule has 1 saturated heterocycles. The Balaban J connectivity index is 2.12. The summed E-state index contributed by atoms with van der Waals surface area (Å²) < 4.78 is 12.4. The van der Waals surface area contributed by atoms with Crippen LogP contribution >= 0.6 is 0 Å². The summed E-state index contributed by atoms with van der Waals surface area (Å²) >= 11 is 0. The van der Waals surface area contributed by atoms with Gasteiger partial charge in [0.1, 0.15) is 36.2 Å². The molecular formula is C17H22N6O6. The molecule has 1 aliphatic rings. The molecule has 12 nitrogen and oxygen atoms in total. The number of hydrogen-bond acceptors (Lipinski definition) is 11. The number of esters is 1. The van der Waals surface area contributed by atoms with Crippen molar-refractivity contribution in [2.75, 3.05) is 12.1 Å². The van der Waals surface area contributed by atoms with Crippen molar-refractivity contribution in [1.82, 2.24) is 14.6 Å². The number of fused-ring (bicyclic) bond motifs is 1. The average molecular weight is 406 g/mol. The van der Waals surface area contributed by atoms with Crippen molar-refractivity contribution >= 4 is 17.3 Å². The zero-order chi connectivity index (χ0) is 21.3. The number of rotatable bonds is 6. The number of nitriles is 1. The normalized spacial score (nSPS) is 27.7. The molecule has 0 saturated carbocycles. The number of aliphatic hydroxyl groups excluding tert-OH is 2. The van der Waals surface area contributed by atoms with E-state index in [1.807, 2.05) is 11.5 Å². The highest BCUT2D eigenvalue weighted by atomic mass is 16.6. The lowest BCUT2D eigenvalue weighted by Crippen LogP contribution is -2.48. The van der Waals surface area contributed by atoms with E-state index in [0.29, 0.717) is 5.52 Å². The largest absolute Gasteiger partial charge is 0.454 e. The minimum Gasteiger partial charge on any atom is -0.454 e. The molecule has 0 bridgehead atoms. The van der Waals surface area contributed by atoms with Crippen LogP contribution in [0.3, 0.4) is 0 Å². The molecule has 29 heavy (non-hydrogen) atoms. The zero-order valence-corrected chi connectivity index (χ0v) is 15.8. The van der Waals surface area contributed by atoms with Crippen molar-refractivity contribution in [2.45, 2.75) is 43.8 Å². The highest BCUT2D eigenvalue weighted by Gasteiger charge is 2.60. The summed E-state index contributed by atoms with van der Waals surface area (Å²) in [5, 5.41) is 43.5. The minimum absolute atomic E-state index is 0.0620. The summed E-state index contributed by atoms with van der Waals surface area (Å²) in [6.07, 6.45) is -3.04. The van der Waals surface area contributed by atoms with Crippen LogP contribution in [-0.4, -0.2) is 66.9 Å². The number of aliphatic hydroxyl groups is 2. The molecule has 0 aromatic carbocycles. The molecule has 6 N–H and O–H groups in total. The molecule has 3 heterocycles. The average Bonchev–Trinajstić information content (AvgIpc) is 3.27. The number of nitrogens with one attached hydrogen (secondary N) is 1. The summed E-state index contributed by atoms with van der Waals surface area (Å²) in [4.78, 5) is 16.3. The van der Waals surface area contributed by atoms with Crippen LogP contribution in [0.4, 0.5) is 5.82 Å². The van der Waals surface area contributed by atoms with Crippen molar-refractivity contribution < 1.29 is 29.7 Å². The Kier molecular flexibility index (Phi) is 5.69. The minimum atomic E-state index is -1.99. The van der Waals surface area contributed by atoms with Gasteiger partial charge in [0.2, 0.25) is 5.60 Å². The quantitative estimate of drug-likeness (QED) is 0.289. The second kappa shape index (κ2) is 7.90. The van der Waals surface area contributed by atoms with Crippen LogP contribution in [-0.2, 0) is 19.9 Å². The Morgan fingerprint density at radius 3 is 2.86 bits per heavy atom. The fourth-order valence-corrected chi connectivity index (χ4v) is 3.24. The molecular weight excluding hydrogens is 384 g/mol. The molecule has 1 aliphatic heterocycles. The summed E-state index contributed by atoms with van der Waals surface area (Å²) in [5.74, 6) is -1.00. The Hall–Kier alpha value is -2.82. The van der Waals surface area contributed by atoms with E-state index in [9.17, 15) is 25.5 Å². The van der Waals surface area contributed by atoms with Crippen molar-refractivity contribution in [1.29, 1.82) is 5.26 Å². The Morgan fingerprint density at radius 1 is 1.55 bits per heavy atom. The molecule has 0 amide bonds. The van der Waals surface area contributed by atoms with Gasteiger partial charge in [0.25, 0.3) is 0 Å². The first-order chi connectivity index (χ1) is 13.8. The van der Waals surface area contributed by atoms with Gasteiger partial charge in [0.05, 0.1) is 12.3 Å². The fraction of sp³-hybridized carbons (Fsp3) is 0.529. The Bertz CT molecular complexity index is 942. The molecule has 1 fully saturated rings. The van der Waals surface area contributed by atoms with Gasteiger partial charge in [-0.15, -0.1) is 0 Å². The van der Waals surface area contributed by atoms with E-state index in [2.05, 4.69) is 10.1 Å². The van der Waals surface area contributed by atoms with Gasteiger partial charge >= 0.3 is 5.97 Å². The van der Waals surface area contributed by atoms with E-state index in [-0.39, 0.29) is 17.4 Å². The van der Waals surface area contributed by atoms with Crippen LogP contribution in [0.1, 0.15) is 19.5 Å². The lowest BCUT2D eigenvalue weighted by Gasteiger charge is -2.29. The summed E-state index contributed by atoms with van der Waals surface area (Å²) in [6.45, 7) is 2.83. The standard InChI is InChI=1S/C17H22N6O6/c1-8(2)12(19)16(26)28-14-13(25)10(5-24)29-17(14,6-18)11-4-3-9-15(22-27)20-7-21-23(9)11/h3-4,7-8,10,12-14,24-25,27H,5,19H2,1-2H3,(H,20,21,22)/t10-,12+,13-,14-,17+/m1/s1. The summed E-state index contributed by atoms with van der Waals surface area (Å²) in [5.41, 5.74) is 6.17. The first-order valence-electron chi connectivity index (χ1n) is 8.88. The van der Waals surface area contributed by atoms with Crippen LogP contribution in [0.2, 0.25) is 0 Å². The predicted octanol–water partition coefficient (Wildman–Crippen LogP) is -1.10. The van der Waals surface area contributed by atoms with E-state index in [4.69, 9.17) is 15.2 Å². The number of anilines is 1. The van der Waals surface area contributed by atoms with Crippen LogP contribution in [0.15, 0.2) is 18.5 Å². The molecule has 0 radical (unpaired) electrons. The molecule has 0 unspecified atom stereocenters. The maximum absolute atomic E-state index is 12.5.